The zero-order valence-electron chi connectivity index (χ0n) is 13.6. The number of H-pyrrole nitrogens is 1. The molecular formula is C16H18N6O2S. The molecule has 1 aliphatic heterocycles. The van der Waals surface area contributed by atoms with Gasteiger partial charge in [0.15, 0.2) is 0 Å². The molecule has 1 aromatic carbocycles. The van der Waals surface area contributed by atoms with Crippen molar-refractivity contribution < 1.29 is 8.42 Å². The first-order chi connectivity index (χ1) is 12.1. The van der Waals surface area contributed by atoms with Gasteiger partial charge in [-0.25, -0.2) is 23.1 Å². The van der Waals surface area contributed by atoms with E-state index in [9.17, 15) is 8.42 Å². The highest BCUT2D eigenvalue weighted by molar-refractivity contribution is 7.89. The van der Waals surface area contributed by atoms with E-state index in [-0.39, 0.29) is 4.90 Å². The van der Waals surface area contributed by atoms with Crippen molar-refractivity contribution >= 4 is 32.6 Å². The number of aromatic nitrogens is 3. The van der Waals surface area contributed by atoms with Crippen molar-refractivity contribution in [1.82, 2.24) is 25.0 Å². The molecule has 4 N–H and O–H groups in total. The molecule has 2 aromatic heterocycles. The fourth-order valence-electron chi connectivity index (χ4n) is 3.06. The van der Waals surface area contributed by atoms with Crippen LogP contribution in [0.15, 0.2) is 35.5 Å². The van der Waals surface area contributed by atoms with Crippen molar-refractivity contribution in [3.63, 3.8) is 0 Å². The van der Waals surface area contributed by atoms with Gasteiger partial charge in [-0.1, -0.05) is 6.07 Å². The molecule has 130 valence electrons. The van der Waals surface area contributed by atoms with Crippen LogP contribution in [0.1, 0.15) is 11.3 Å². The third-order valence-corrected chi connectivity index (χ3v) is 5.72. The molecule has 1 aliphatic rings. The van der Waals surface area contributed by atoms with Crippen LogP contribution < -0.4 is 15.4 Å². The van der Waals surface area contributed by atoms with Gasteiger partial charge in [0.05, 0.1) is 10.3 Å². The molecule has 9 heteroatoms. The van der Waals surface area contributed by atoms with Crippen LogP contribution in [0.2, 0.25) is 0 Å². The summed E-state index contributed by atoms with van der Waals surface area (Å²) < 4.78 is 26.3. The van der Waals surface area contributed by atoms with E-state index in [1.807, 2.05) is 0 Å². The molecule has 0 amide bonds. The third-order valence-electron chi connectivity index (χ3n) is 4.31. The Morgan fingerprint density at radius 3 is 2.96 bits per heavy atom. The van der Waals surface area contributed by atoms with E-state index in [2.05, 4.69) is 30.3 Å². The fourth-order valence-corrected chi connectivity index (χ4v) is 3.84. The number of sulfonamides is 1. The van der Waals surface area contributed by atoms with E-state index in [1.165, 1.54) is 19.1 Å². The Bertz CT molecular complexity index is 1040. The van der Waals surface area contributed by atoms with Crippen molar-refractivity contribution in [1.29, 1.82) is 0 Å². The minimum Gasteiger partial charge on any atom is -0.343 e. The summed E-state index contributed by atoms with van der Waals surface area (Å²) in [6.45, 7) is 1.69. The summed E-state index contributed by atoms with van der Waals surface area (Å²) >= 11 is 0. The van der Waals surface area contributed by atoms with Crippen LogP contribution in [0.25, 0.3) is 11.0 Å². The Labute approximate surface area is 145 Å². The molecule has 0 fully saturated rings. The topological polar surface area (TPSA) is 112 Å². The van der Waals surface area contributed by atoms with Crippen molar-refractivity contribution in [3.05, 3.63) is 41.9 Å². The second-order valence-corrected chi connectivity index (χ2v) is 7.70. The van der Waals surface area contributed by atoms with E-state index in [0.717, 1.165) is 36.1 Å². The predicted octanol–water partition coefficient (Wildman–Crippen LogP) is 1.26. The van der Waals surface area contributed by atoms with Crippen LogP contribution in [0.5, 0.6) is 0 Å². The van der Waals surface area contributed by atoms with Crippen molar-refractivity contribution in [2.24, 2.45) is 0 Å². The lowest BCUT2D eigenvalue weighted by Gasteiger charge is -2.14. The lowest BCUT2D eigenvalue weighted by molar-refractivity contribution is 0.588. The minimum atomic E-state index is -3.50. The molecular weight excluding hydrogens is 340 g/mol. The molecule has 0 aliphatic carbocycles. The molecule has 0 atom stereocenters. The number of anilines is 2. The van der Waals surface area contributed by atoms with E-state index in [0.29, 0.717) is 11.5 Å². The molecule has 0 radical (unpaired) electrons. The van der Waals surface area contributed by atoms with Crippen LogP contribution in [0, 0.1) is 0 Å². The molecule has 25 heavy (non-hydrogen) atoms. The van der Waals surface area contributed by atoms with Crippen LogP contribution in [-0.2, 0) is 23.0 Å². The maximum absolute atomic E-state index is 12.0. The summed E-state index contributed by atoms with van der Waals surface area (Å²) in [5.41, 5.74) is 3.76. The van der Waals surface area contributed by atoms with E-state index in [1.54, 1.807) is 24.3 Å². The number of benzene rings is 1. The van der Waals surface area contributed by atoms with Gasteiger partial charge in [-0.3, -0.25) is 0 Å². The monoisotopic (exact) mass is 358 g/mol. The Morgan fingerprint density at radius 1 is 1.24 bits per heavy atom. The number of rotatable bonds is 4. The Hall–Kier alpha value is -2.49. The highest BCUT2D eigenvalue weighted by atomic mass is 32.2. The van der Waals surface area contributed by atoms with E-state index < -0.39 is 10.0 Å². The Morgan fingerprint density at radius 2 is 2.12 bits per heavy atom. The average Bonchev–Trinajstić information content (AvgIpc) is 3.01. The highest BCUT2D eigenvalue weighted by Crippen LogP contribution is 2.30. The second-order valence-electron chi connectivity index (χ2n) is 5.82. The first-order valence-electron chi connectivity index (χ1n) is 7.94. The smallest absolute Gasteiger partial charge is 0.240 e. The van der Waals surface area contributed by atoms with Crippen molar-refractivity contribution in [2.45, 2.75) is 17.9 Å². The standard InChI is InChI=1S/C16H18N6O2S/c1-17-25(23,24)11-4-2-3-10(7-11)21-15-14-12-8-18-6-5-13(12)22-16(14)20-9-19-15/h2-4,7,9,17-18H,5-6,8H2,1H3,(H2,19,20,21,22). The molecule has 8 nitrogen and oxygen atoms in total. The summed E-state index contributed by atoms with van der Waals surface area (Å²) in [6.07, 6.45) is 2.41. The van der Waals surface area contributed by atoms with Gasteiger partial charge in [0, 0.05) is 30.9 Å². The Kier molecular flexibility index (Phi) is 3.91. The second kappa shape index (κ2) is 6.10. The number of hydrogen-bond donors (Lipinski definition) is 4. The maximum Gasteiger partial charge on any atom is 0.240 e. The first-order valence-corrected chi connectivity index (χ1v) is 9.42. The molecule has 0 bridgehead atoms. The van der Waals surface area contributed by atoms with Crippen molar-refractivity contribution in [3.8, 4) is 0 Å². The van der Waals surface area contributed by atoms with Crippen molar-refractivity contribution in [2.75, 3.05) is 18.9 Å². The summed E-state index contributed by atoms with van der Waals surface area (Å²) in [7, 11) is -2.11. The zero-order chi connectivity index (χ0) is 17.4. The Balaban J connectivity index is 1.77. The van der Waals surface area contributed by atoms with Gasteiger partial charge in [-0.2, -0.15) is 0 Å². The molecule has 3 heterocycles. The first kappa shape index (κ1) is 16.0. The number of fused-ring (bicyclic) bond motifs is 3. The van der Waals surface area contributed by atoms with Gasteiger partial charge >= 0.3 is 0 Å². The minimum absolute atomic E-state index is 0.197. The largest absolute Gasteiger partial charge is 0.343 e. The molecule has 3 aromatic rings. The van der Waals surface area contributed by atoms with Gasteiger partial charge < -0.3 is 15.6 Å². The molecule has 4 rings (SSSR count). The van der Waals surface area contributed by atoms with E-state index >= 15 is 0 Å². The van der Waals surface area contributed by atoms with Gasteiger partial charge in [0.25, 0.3) is 0 Å². The average molecular weight is 358 g/mol. The highest BCUT2D eigenvalue weighted by Gasteiger charge is 2.19. The van der Waals surface area contributed by atoms with Crippen LogP contribution in [0.4, 0.5) is 11.5 Å². The predicted molar refractivity (Wildman–Crippen MR) is 95.3 cm³/mol. The van der Waals surface area contributed by atoms with Gasteiger partial charge in [0.1, 0.15) is 17.8 Å². The fraction of sp³-hybridized carbons (Fsp3) is 0.250. The normalized spacial score (nSPS) is 14.4. The SMILES string of the molecule is CNS(=O)(=O)c1cccc(Nc2ncnc3[nH]c4c(c23)CNCC4)c1. The van der Waals surface area contributed by atoms with Gasteiger partial charge in [-0.15, -0.1) is 0 Å². The van der Waals surface area contributed by atoms with Gasteiger partial charge in [0.2, 0.25) is 10.0 Å². The lowest BCUT2D eigenvalue weighted by atomic mass is 10.1. The summed E-state index contributed by atoms with van der Waals surface area (Å²) in [5.74, 6) is 0.658. The van der Waals surface area contributed by atoms with Crippen LogP contribution in [-0.4, -0.2) is 37.0 Å². The lowest BCUT2D eigenvalue weighted by Crippen LogP contribution is -2.23. The molecule has 0 saturated carbocycles. The molecule has 0 spiro atoms. The van der Waals surface area contributed by atoms with Gasteiger partial charge in [-0.05, 0) is 30.8 Å². The quantitative estimate of drug-likeness (QED) is 0.559. The zero-order valence-corrected chi connectivity index (χ0v) is 14.4. The summed E-state index contributed by atoms with van der Waals surface area (Å²) in [6, 6.07) is 6.63. The molecule has 0 saturated heterocycles. The number of nitrogens with one attached hydrogen (secondary N) is 4. The summed E-state index contributed by atoms with van der Waals surface area (Å²) in [5, 5.41) is 7.52. The van der Waals surface area contributed by atoms with Crippen LogP contribution >= 0.6 is 0 Å². The maximum atomic E-state index is 12.0. The van der Waals surface area contributed by atoms with Crippen LogP contribution in [0.3, 0.4) is 0 Å². The number of nitrogens with zero attached hydrogens (tertiary/aromatic N) is 2. The number of hydrogen-bond acceptors (Lipinski definition) is 6. The third kappa shape index (κ3) is 2.86. The van der Waals surface area contributed by atoms with E-state index in [4.69, 9.17) is 0 Å². The molecule has 0 unspecified atom stereocenters. The summed E-state index contributed by atoms with van der Waals surface area (Å²) in [4.78, 5) is 12.2. The number of aromatic amines is 1.